The number of carbonyl (C=O) groups is 1. The lowest BCUT2D eigenvalue weighted by atomic mass is 10.3. The fourth-order valence-corrected chi connectivity index (χ4v) is 1.05. The van der Waals surface area contributed by atoms with Crippen LogP contribution in [0.2, 0.25) is 0 Å². The number of ether oxygens (including phenoxy) is 1. The van der Waals surface area contributed by atoms with E-state index in [-0.39, 0.29) is 5.91 Å². The van der Waals surface area contributed by atoms with Crippen LogP contribution in [-0.4, -0.2) is 19.1 Å². The van der Waals surface area contributed by atoms with Gasteiger partial charge < -0.3 is 15.8 Å². The van der Waals surface area contributed by atoms with E-state index in [4.69, 9.17) is 10.5 Å². The van der Waals surface area contributed by atoms with Crippen molar-refractivity contribution in [2.24, 2.45) is 0 Å². The van der Waals surface area contributed by atoms with Crippen LogP contribution in [0.5, 0.6) is 5.75 Å². The average Bonchev–Trinajstić information content (AvgIpc) is 2.16. The van der Waals surface area contributed by atoms with Crippen molar-refractivity contribution < 1.29 is 9.53 Å². The Labute approximate surface area is 83.1 Å². The zero-order valence-electron chi connectivity index (χ0n) is 8.28. The molecule has 1 atom stereocenters. The maximum atomic E-state index is 11.1. The van der Waals surface area contributed by atoms with Gasteiger partial charge in [-0.1, -0.05) is 6.07 Å². The van der Waals surface area contributed by atoms with Crippen molar-refractivity contribution in [1.29, 1.82) is 0 Å². The maximum Gasteiger partial charge on any atom is 0.260 e. The number of anilines is 1. The summed E-state index contributed by atoms with van der Waals surface area (Å²) in [7, 11) is 1.57. The molecule has 0 fully saturated rings. The van der Waals surface area contributed by atoms with Crippen LogP contribution < -0.4 is 15.8 Å². The minimum absolute atomic E-state index is 0.160. The Morgan fingerprint density at radius 1 is 1.57 bits per heavy atom. The van der Waals surface area contributed by atoms with Crippen LogP contribution in [-0.2, 0) is 4.79 Å². The highest BCUT2D eigenvalue weighted by molar-refractivity contribution is 5.80. The molecule has 1 rings (SSSR count). The van der Waals surface area contributed by atoms with E-state index < -0.39 is 6.10 Å². The van der Waals surface area contributed by atoms with Crippen molar-refractivity contribution >= 4 is 11.6 Å². The van der Waals surface area contributed by atoms with Crippen LogP contribution in [0.4, 0.5) is 5.69 Å². The van der Waals surface area contributed by atoms with Crippen molar-refractivity contribution in [3.63, 3.8) is 0 Å². The van der Waals surface area contributed by atoms with E-state index >= 15 is 0 Å². The van der Waals surface area contributed by atoms with Crippen molar-refractivity contribution in [3.8, 4) is 5.75 Å². The summed E-state index contributed by atoms with van der Waals surface area (Å²) in [6.07, 6.45) is -0.512. The number of likely N-dealkylation sites (N-methyl/N-ethyl adjacent to an activating group) is 1. The van der Waals surface area contributed by atoms with E-state index in [1.807, 2.05) is 0 Å². The second kappa shape index (κ2) is 4.50. The van der Waals surface area contributed by atoms with Gasteiger partial charge in [0.2, 0.25) is 0 Å². The molecule has 0 aliphatic heterocycles. The third kappa shape index (κ3) is 2.65. The van der Waals surface area contributed by atoms with Gasteiger partial charge in [-0.05, 0) is 19.1 Å². The SMILES string of the molecule is CNC(=O)[C@H](C)Oc1cccc(N)c1. The molecule has 0 saturated heterocycles. The summed E-state index contributed by atoms with van der Waals surface area (Å²) < 4.78 is 5.36. The van der Waals surface area contributed by atoms with Gasteiger partial charge in [-0.15, -0.1) is 0 Å². The smallest absolute Gasteiger partial charge is 0.260 e. The lowest BCUT2D eigenvalue weighted by Crippen LogP contribution is -2.33. The Hall–Kier alpha value is -1.71. The minimum Gasteiger partial charge on any atom is -0.481 e. The van der Waals surface area contributed by atoms with Crippen LogP contribution in [0.3, 0.4) is 0 Å². The molecular formula is C10H14N2O2. The Kier molecular flexibility index (Phi) is 3.34. The molecule has 4 heteroatoms. The zero-order chi connectivity index (χ0) is 10.6. The molecule has 0 bridgehead atoms. The Morgan fingerprint density at radius 3 is 2.86 bits per heavy atom. The van der Waals surface area contributed by atoms with Crippen LogP contribution in [0.25, 0.3) is 0 Å². The summed E-state index contributed by atoms with van der Waals surface area (Å²) in [4.78, 5) is 11.1. The third-order valence-corrected chi connectivity index (χ3v) is 1.79. The first-order valence-corrected chi connectivity index (χ1v) is 4.37. The molecule has 0 radical (unpaired) electrons. The molecule has 4 nitrogen and oxygen atoms in total. The van der Waals surface area contributed by atoms with Crippen molar-refractivity contribution in [1.82, 2.24) is 5.32 Å². The Morgan fingerprint density at radius 2 is 2.29 bits per heavy atom. The number of benzene rings is 1. The molecular weight excluding hydrogens is 180 g/mol. The van der Waals surface area contributed by atoms with Gasteiger partial charge in [-0.25, -0.2) is 0 Å². The van der Waals surface area contributed by atoms with E-state index in [0.29, 0.717) is 11.4 Å². The van der Waals surface area contributed by atoms with Gasteiger partial charge in [0.15, 0.2) is 6.10 Å². The predicted octanol–water partition coefficient (Wildman–Crippen LogP) is 0.782. The van der Waals surface area contributed by atoms with Crippen molar-refractivity contribution in [2.75, 3.05) is 12.8 Å². The highest BCUT2D eigenvalue weighted by Crippen LogP contribution is 2.15. The molecule has 3 N–H and O–H groups in total. The molecule has 1 aromatic rings. The molecule has 1 aromatic carbocycles. The summed E-state index contributed by atoms with van der Waals surface area (Å²) >= 11 is 0. The van der Waals surface area contributed by atoms with Crippen LogP contribution in [0.15, 0.2) is 24.3 Å². The minimum atomic E-state index is -0.512. The van der Waals surface area contributed by atoms with E-state index in [1.54, 1.807) is 38.2 Å². The number of hydrogen-bond acceptors (Lipinski definition) is 3. The number of rotatable bonds is 3. The second-order valence-corrected chi connectivity index (χ2v) is 2.95. The summed E-state index contributed by atoms with van der Waals surface area (Å²) in [6, 6.07) is 6.98. The van der Waals surface area contributed by atoms with E-state index in [9.17, 15) is 4.79 Å². The van der Waals surface area contributed by atoms with E-state index in [1.165, 1.54) is 0 Å². The average molecular weight is 194 g/mol. The van der Waals surface area contributed by atoms with Gasteiger partial charge in [0.25, 0.3) is 5.91 Å². The van der Waals surface area contributed by atoms with Crippen LogP contribution in [0.1, 0.15) is 6.92 Å². The first kappa shape index (κ1) is 10.4. The number of nitrogen functional groups attached to an aromatic ring is 1. The number of nitrogens with two attached hydrogens (primary N) is 1. The predicted molar refractivity (Wildman–Crippen MR) is 55.0 cm³/mol. The lowest BCUT2D eigenvalue weighted by Gasteiger charge is -2.13. The topological polar surface area (TPSA) is 64.3 Å². The lowest BCUT2D eigenvalue weighted by molar-refractivity contribution is -0.126. The third-order valence-electron chi connectivity index (χ3n) is 1.79. The number of carbonyl (C=O) groups excluding carboxylic acids is 1. The van der Waals surface area contributed by atoms with E-state index in [0.717, 1.165) is 0 Å². The number of amides is 1. The van der Waals surface area contributed by atoms with Gasteiger partial charge in [0.1, 0.15) is 5.75 Å². The molecule has 1 amide bonds. The molecule has 0 heterocycles. The highest BCUT2D eigenvalue weighted by Gasteiger charge is 2.11. The fourth-order valence-electron chi connectivity index (χ4n) is 1.05. The molecule has 76 valence electrons. The summed E-state index contributed by atoms with van der Waals surface area (Å²) in [5, 5.41) is 2.50. The number of hydrogen-bond donors (Lipinski definition) is 2. The molecule has 0 unspecified atom stereocenters. The van der Waals surface area contributed by atoms with Crippen LogP contribution in [0, 0.1) is 0 Å². The fraction of sp³-hybridized carbons (Fsp3) is 0.300. The van der Waals surface area contributed by atoms with Gasteiger partial charge in [0.05, 0.1) is 0 Å². The van der Waals surface area contributed by atoms with Gasteiger partial charge in [-0.3, -0.25) is 4.79 Å². The van der Waals surface area contributed by atoms with Gasteiger partial charge in [-0.2, -0.15) is 0 Å². The summed E-state index contributed by atoms with van der Waals surface area (Å²) in [5.74, 6) is 0.438. The molecule has 0 aliphatic rings. The molecule has 0 spiro atoms. The quantitative estimate of drug-likeness (QED) is 0.699. The normalized spacial score (nSPS) is 11.9. The number of nitrogens with one attached hydrogen (secondary N) is 1. The Bertz CT molecular complexity index is 326. The van der Waals surface area contributed by atoms with Crippen LogP contribution >= 0.6 is 0 Å². The summed E-state index contributed by atoms with van der Waals surface area (Å²) in [5.41, 5.74) is 6.18. The first-order chi connectivity index (χ1) is 6.63. The maximum absolute atomic E-state index is 11.1. The van der Waals surface area contributed by atoms with Gasteiger partial charge >= 0.3 is 0 Å². The van der Waals surface area contributed by atoms with Gasteiger partial charge in [0, 0.05) is 18.8 Å². The molecule has 0 aromatic heterocycles. The first-order valence-electron chi connectivity index (χ1n) is 4.37. The monoisotopic (exact) mass is 194 g/mol. The summed E-state index contributed by atoms with van der Waals surface area (Å²) in [6.45, 7) is 1.68. The van der Waals surface area contributed by atoms with E-state index in [2.05, 4.69) is 5.32 Å². The van der Waals surface area contributed by atoms with Crippen molar-refractivity contribution in [2.45, 2.75) is 13.0 Å². The second-order valence-electron chi connectivity index (χ2n) is 2.95. The molecule has 0 aliphatic carbocycles. The largest absolute Gasteiger partial charge is 0.481 e. The Balaban J connectivity index is 2.64. The zero-order valence-corrected chi connectivity index (χ0v) is 8.28. The molecule has 14 heavy (non-hydrogen) atoms. The standard InChI is InChI=1S/C10H14N2O2/c1-7(10(13)12-2)14-9-5-3-4-8(11)6-9/h3-7H,11H2,1-2H3,(H,12,13)/t7-/m0/s1. The highest BCUT2D eigenvalue weighted by atomic mass is 16.5. The van der Waals surface area contributed by atoms with Crippen molar-refractivity contribution in [3.05, 3.63) is 24.3 Å². The molecule has 0 saturated carbocycles.